The Morgan fingerprint density at radius 3 is 2.77 bits per heavy atom. The first-order chi connectivity index (χ1) is 6.09. The molecule has 0 amide bonds. The van der Waals surface area contributed by atoms with E-state index < -0.39 is 0 Å². The Balaban J connectivity index is 2.70. The van der Waals surface area contributed by atoms with Gasteiger partial charge in [0.25, 0.3) is 0 Å². The molecule has 0 unspecified atom stereocenters. The summed E-state index contributed by atoms with van der Waals surface area (Å²) >= 11 is 2.29. The standard InChI is InChI=1S/C10H15IN2/c1-7(12)2-3-8-6-9(11)4-5-10(8)13/h4-7H,2-3,12-13H2,1H3/t7-/m0/s1. The maximum absolute atomic E-state index is 5.83. The minimum absolute atomic E-state index is 0.247. The van der Waals surface area contributed by atoms with Crippen molar-refractivity contribution < 1.29 is 0 Å². The summed E-state index contributed by atoms with van der Waals surface area (Å²) in [6, 6.07) is 6.35. The van der Waals surface area contributed by atoms with Crippen LogP contribution < -0.4 is 11.5 Å². The summed E-state index contributed by atoms with van der Waals surface area (Å²) in [6.45, 7) is 2.02. The van der Waals surface area contributed by atoms with Crippen molar-refractivity contribution in [3.63, 3.8) is 0 Å². The number of nitrogen functional groups attached to an aromatic ring is 1. The molecule has 0 saturated heterocycles. The molecule has 0 saturated carbocycles. The number of hydrogen-bond acceptors (Lipinski definition) is 2. The average Bonchev–Trinajstić information content (AvgIpc) is 2.06. The number of aryl methyl sites for hydroxylation is 1. The fourth-order valence-corrected chi connectivity index (χ4v) is 1.73. The predicted octanol–water partition coefficient (Wildman–Crippen LogP) is 2.15. The zero-order valence-corrected chi connectivity index (χ0v) is 9.91. The molecule has 0 radical (unpaired) electrons. The SMILES string of the molecule is C[C@H](N)CCc1cc(I)ccc1N. The average molecular weight is 290 g/mol. The second-order valence-electron chi connectivity index (χ2n) is 3.36. The van der Waals surface area contributed by atoms with Gasteiger partial charge in [-0.3, -0.25) is 0 Å². The molecule has 0 bridgehead atoms. The van der Waals surface area contributed by atoms with Crippen LogP contribution in [0.5, 0.6) is 0 Å². The lowest BCUT2D eigenvalue weighted by molar-refractivity contribution is 0.667. The lowest BCUT2D eigenvalue weighted by atomic mass is 10.1. The lowest BCUT2D eigenvalue weighted by Gasteiger charge is -2.08. The Hall–Kier alpha value is -0.290. The Morgan fingerprint density at radius 1 is 1.46 bits per heavy atom. The molecule has 4 N–H and O–H groups in total. The van der Waals surface area contributed by atoms with Gasteiger partial charge >= 0.3 is 0 Å². The molecule has 0 heterocycles. The van der Waals surface area contributed by atoms with Crippen LogP contribution in [0.2, 0.25) is 0 Å². The summed E-state index contributed by atoms with van der Waals surface area (Å²) in [5.41, 5.74) is 13.6. The molecule has 13 heavy (non-hydrogen) atoms. The first-order valence-corrected chi connectivity index (χ1v) is 5.47. The van der Waals surface area contributed by atoms with Crippen LogP contribution in [-0.4, -0.2) is 6.04 Å². The van der Waals surface area contributed by atoms with Gasteiger partial charge in [0.1, 0.15) is 0 Å². The summed E-state index contributed by atoms with van der Waals surface area (Å²) in [5, 5.41) is 0. The molecule has 3 heteroatoms. The minimum Gasteiger partial charge on any atom is -0.399 e. The lowest BCUT2D eigenvalue weighted by Crippen LogP contribution is -2.15. The zero-order valence-electron chi connectivity index (χ0n) is 7.76. The molecular formula is C10H15IN2. The van der Waals surface area contributed by atoms with E-state index in [4.69, 9.17) is 11.5 Å². The van der Waals surface area contributed by atoms with E-state index in [2.05, 4.69) is 28.7 Å². The molecule has 0 aliphatic carbocycles. The Morgan fingerprint density at radius 2 is 2.15 bits per heavy atom. The monoisotopic (exact) mass is 290 g/mol. The van der Waals surface area contributed by atoms with E-state index in [0.717, 1.165) is 18.5 Å². The highest BCUT2D eigenvalue weighted by Crippen LogP contribution is 2.17. The molecule has 0 fully saturated rings. The smallest absolute Gasteiger partial charge is 0.0347 e. The van der Waals surface area contributed by atoms with Crippen LogP contribution in [-0.2, 0) is 6.42 Å². The van der Waals surface area contributed by atoms with Crippen LogP contribution in [0.4, 0.5) is 5.69 Å². The van der Waals surface area contributed by atoms with Crippen LogP contribution in [0, 0.1) is 3.57 Å². The van der Waals surface area contributed by atoms with Crippen LogP contribution in [0.15, 0.2) is 18.2 Å². The quantitative estimate of drug-likeness (QED) is 0.662. The molecule has 0 aromatic heterocycles. The number of anilines is 1. The second kappa shape index (κ2) is 4.81. The van der Waals surface area contributed by atoms with Crippen LogP contribution in [0.3, 0.4) is 0 Å². The van der Waals surface area contributed by atoms with E-state index in [1.807, 2.05) is 19.1 Å². The van der Waals surface area contributed by atoms with Gasteiger partial charge in [0.2, 0.25) is 0 Å². The van der Waals surface area contributed by atoms with Crippen molar-refractivity contribution in [2.24, 2.45) is 5.73 Å². The van der Waals surface area contributed by atoms with Gasteiger partial charge in [-0.05, 0) is 66.1 Å². The fourth-order valence-electron chi connectivity index (χ4n) is 1.17. The van der Waals surface area contributed by atoms with Crippen molar-refractivity contribution in [1.82, 2.24) is 0 Å². The third-order valence-electron chi connectivity index (χ3n) is 1.97. The minimum atomic E-state index is 0.247. The molecule has 1 aromatic rings. The van der Waals surface area contributed by atoms with E-state index in [-0.39, 0.29) is 6.04 Å². The summed E-state index contributed by atoms with van der Waals surface area (Å²) in [5.74, 6) is 0. The Labute approximate surface area is 92.8 Å². The van der Waals surface area contributed by atoms with Crippen LogP contribution >= 0.6 is 22.6 Å². The predicted molar refractivity (Wildman–Crippen MR) is 65.5 cm³/mol. The van der Waals surface area contributed by atoms with Crippen molar-refractivity contribution >= 4 is 28.3 Å². The molecule has 1 rings (SSSR count). The largest absolute Gasteiger partial charge is 0.399 e. The van der Waals surface area contributed by atoms with Gasteiger partial charge in [0.15, 0.2) is 0 Å². The highest BCUT2D eigenvalue weighted by Gasteiger charge is 2.01. The van der Waals surface area contributed by atoms with Gasteiger partial charge in [-0.25, -0.2) is 0 Å². The van der Waals surface area contributed by atoms with Crippen molar-refractivity contribution in [1.29, 1.82) is 0 Å². The number of hydrogen-bond donors (Lipinski definition) is 2. The number of benzene rings is 1. The number of rotatable bonds is 3. The van der Waals surface area contributed by atoms with Gasteiger partial charge < -0.3 is 11.5 Å². The first-order valence-electron chi connectivity index (χ1n) is 4.39. The normalized spacial score (nSPS) is 12.8. The molecule has 0 aliphatic heterocycles. The maximum atomic E-state index is 5.83. The van der Waals surface area contributed by atoms with Gasteiger partial charge in [-0.1, -0.05) is 0 Å². The highest BCUT2D eigenvalue weighted by atomic mass is 127. The molecule has 0 spiro atoms. The van der Waals surface area contributed by atoms with E-state index in [1.54, 1.807) is 0 Å². The van der Waals surface area contributed by atoms with Crippen LogP contribution in [0.25, 0.3) is 0 Å². The van der Waals surface area contributed by atoms with Gasteiger partial charge in [0.05, 0.1) is 0 Å². The molecule has 0 aliphatic rings. The third kappa shape index (κ3) is 3.52. The van der Waals surface area contributed by atoms with Crippen molar-refractivity contribution in [2.75, 3.05) is 5.73 Å². The summed E-state index contributed by atoms with van der Waals surface area (Å²) < 4.78 is 1.23. The molecule has 1 aromatic carbocycles. The highest BCUT2D eigenvalue weighted by molar-refractivity contribution is 14.1. The molecular weight excluding hydrogens is 275 g/mol. The molecule has 1 atom stereocenters. The van der Waals surface area contributed by atoms with Crippen molar-refractivity contribution in [3.05, 3.63) is 27.3 Å². The topological polar surface area (TPSA) is 52.0 Å². The number of nitrogens with two attached hydrogens (primary N) is 2. The summed E-state index contributed by atoms with van der Waals surface area (Å²) in [7, 11) is 0. The van der Waals surface area contributed by atoms with Crippen molar-refractivity contribution in [3.8, 4) is 0 Å². The third-order valence-corrected chi connectivity index (χ3v) is 2.65. The van der Waals surface area contributed by atoms with Gasteiger partial charge in [0, 0.05) is 15.3 Å². The van der Waals surface area contributed by atoms with Crippen LogP contribution in [0.1, 0.15) is 18.9 Å². The van der Waals surface area contributed by atoms with E-state index in [9.17, 15) is 0 Å². The van der Waals surface area contributed by atoms with E-state index in [1.165, 1.54) is 9.13 Å². The second-order valence-corrected chi connectivity index (χ2v) is 4.60. The van der Waals surface area contributed by atoms with E-state index >= 15 is 0 Å². The molecule has 72 valence electrons. The first kappa shape index (κ1) is 10.8. The van der Waals surface area contributed by atoms with Gasteiger partial charge in [-0.15, -0.1) is 0 Å². The maximum Gasteiger partial charge on any atom is 0.0347 e. The fraction of sp³-hybridized carbons (Fsp3) is 0.400. The Kier molecular flexibility index (Phi) is 3.99. The summed E-state index contributed by atoms with van der Waals surface area (Å²) in [6.07, 6.45) is 1.96. The van der Waals surface area contributed by atoms with Gasteiger partial charge in [-0.2, -0.15) is 0 Å². The Bertz CT molecular complexity index is 284. The number of halogens is 1. The summed E-state index contributed by atoms with van der Waals surface area (Å²) in [4.78, 5) is 0. The zero-order chi connectivity index (χ0) is 9.84. The van der Waals surface area contributed by atoms with E-state index in [0.29, 0.717) is 0 Å². The molecule has 2 nitrogen and oxygen atoms in total. The van der Waals surface area contributed by atoms with Crippen molar-refractivity contribution in [2.45, 2.75) is 25.8 Å².